The number of benzene rings is 1. The van der Waals surface area contributed by atoms with Crippen molar-refractivity contribution in [2.24, 2.45) is 12.2 Å². The van der Waals surface area contributed by atoms with Crippen molar-refractivity contribution in [2.75, 3.05) is 0 Å². The van der Waals surface area contributed by atoms with Crippen LogP contribution in [-0.4, -0.2) is 4.57 Å². The SMILES string of the molecule is Cn1c(=O)c(C#N)c(N=[N+]=[N-])c2ccccc21. The smallest absolute Gasteiger partial charge is 0.269 e. The molecule has 17 heavy (non-hydrogen) atoms. The average Bonchev–Trinajstić information content (AvgIpc) is 2.36. The van der Waals surface area contributed by atoms with Crippen LogP contribution in [0.5, 0.6) is 0 Å². The number of aromatic nitrogens is 1. The van der Waals surface area contributed by atoms with Crippen molar-refractivity contribution >= 4 is 16.6 Å². The molecule has 2 rings (SSSR count). The second-order valence-electron chi connectivity index (χ2n) is 3.41. The fraction of sp³-hybridized carbons (Fsp3) is 0.0909. The standard InChI is InChI=1S/C11H7N5O/c1-16-9-5-3-2-4-7(9)10(14-15-13)8(6-12)11(16)17/h2-5H,1H3. The van der Waals surface area contributed by atoms with Gasteiger partial charge >= 0.3 is 0 Å². The summed E-state index contributed by atoms with van der Waals surface area (Å²) in [5, 5.41) is 13.0. The van der Waals surface area contributed by atoms with Crippen LogP contribution in [0.1, 0.15) is 5.56 Å². The number of aryl methyl sites for hydroxylation is 1. The van der Waals surface area contributed by atoms with Crippen LogP contribution in [0.25, 0.3) is 21.3 Å². The zero-order valence-corrected chi connectivity index (χ0v) is 8.95. The summed E-state index contributed by atoms with van der Waals surface area (Å²) in [5.41, 5.74) is 8.62. The van der Waals surface area contributed by atoms with Crippen LogP contribution in [-0.2, 0) is 7.05 Å². The highest BCUT2D eigenvalue weighted by Gasteiger charge is 2.12. The maximum absolute atomic E-state index is 11.9. The normalized spacial score (nSPS) is 9.65. The molecule has 0 saturated carbocycles. The minimum absolute atomic E-state index is 0.0914. The van der Waals surface area contributed by atoms with Crippen LogP contribution >= 0.6 is 0 Å². The zero-order chi connectivity index (χ0) is 12.4. The van der Waals surface area contributed by atoms with Gasteiger partial charge < -0.3 is 4.57 Å². The van der Waals surface area contributed by atoms with Crippen LogP contribution in [0.4, 0.5) is 5.69 Å². The number of hydrogen-bond acceptors (Lipinski definition) is 3. The summed E-state index contributed by atoms with van der Waals surface area (Å²) in [5.74, 6) is 0. The molecule has 0 bridgehead atoms. The van der Waals surface area contributed by atoms with Gasteiger partial charge in [-0.1, -0.05) is 23.3 Å². The average molecular weight is 225 g/mol. The van der Waals surface area contributed by atoms with Crippen molar-refractivity contribution in [1.82, 2.24) is 4.57 Å². The molecule has 1 aromatic carbocycles. The van der Waals surface area contributed by atoms with Crippen LogP contribution in [0.3, 0.4) is 0 Å². The van der Waals surface area contributed by atoms with Gasteiger partial charge in [-0.2, -0.15) is 5.26 Å². The van der Waals surface area contributed by atoms with Gasteiger partial charge in [0, 0.05) is 17.3 Å². The van der Waals surface area contributed by atoms with E-state index >= 15 is 0 Å². The number of azide groups is 1. The lowest BCUT2D eigenvalue weighted by atomic mass is 10.1. The Labute approximate surface area is 96.0 Å². The Balaban J connectivity index is 3.14. The minimum Gasteiger partial charge on any atom is -0.310 e. The Morgan fingerprint density at radius 2 is 2.18 bits per heavy atom. The second-order valence-corrected chi connectivity index (χ2v) is 3.41. The van der Waals surface area contributed by atoms with Gasteiger partial charge in [0.05, 0.1) is 11.2 Å². The molecule has 0 fully saturated rings. The Kier molecular flexibility index (Phi) is 2.53. The summed E-state index contributed by atoms with van der Waals surface area (Å²) in [6.45, 7) is 0. The molecule has 0 amide bonds. The highest BCUT2D eigenvalue weighted by atomic mass is 16.1. The van der Waals surface area contributed by atoms with E-state index in [-0.39, 0.29) is 11.3 Å². The Morgan fingerprint density at radius 1 is 1.47 bits per heavy atom. The summed E-state index contributed by atoms with van der Waals surface area (Å²) in [4.78, 5) is 14.5. The summed E-state index contributed by atoms with van der Waals surface area (Å²) in [6, 6.07) is 8.75. The van der Waals surface area contributed by atoms with E-state index in [4.69, 9.17) is 10.8 Å². The lowest BCUT2D eigenvalue weighted by Gasteiger charge is -2.08. The first kappa shape index (κ1) is 10.7. The molecule has 0 aliphatic carbocycles. The monoisotopic (exact) mass is 225 g/mol. The van der Waals surface area contributed by atoms with E-state index in [2.05, 4.69) is 10.0 Å². The van der Waals surface area contributed by atoms with Crippen molar-refractivity contribution in [2.45, 2.75) is 0 Å². The van der Waals surface area contributed by atoms with E-state index in [0.717, 1.165) is 0 Å². The molecule has 1 aromatic heterocycles. The first-order valence-electron chi connectivity index (χ1n) is 4.77. The second kappa shape index (κ2) is 4.00. The number of nitriles is 1. The van der Waals surface area contributed by atoms with Crippen LogP contribution in [0, 0.1) is 11.3 Å². The Hall–Kier alpha value is -2.77. The topological polar surface area (TPSA) is 94.5 Å². The van der Waals surface area contributed by atoms with Gasteiger partial charge in [0.1, 0.15) is 11.6 Å². The van der Waals surface area contributed by atoms with Crippen molar-refractivity contribution in [1.29, 1.82) is 5.26 Å². The number of rotatable bonds is 1. The molecule has 0 unspecified atom stereocenters. The maximum atomic E-state index is 11.9. The third kappa shape index (κ3) is 1.51. The molecular weight excluding hydrogens is 218 g/mol. The molecule has 1 heterocycles. The van der Waals surface area contributed by atoms with Gasteiger partial charge in [-0.15, -0.1) is 0 Å². The molecule has 0 N–H and O–H groups in total. The van der Waals surface area contributed by atoms with Gasteiger partial charge in [-0.3, -0.25) is 4.79 Å². The molecule has 82 valence electrons. The van der Waals surface area contributed by atoms with Crippen LogP contribution in [0.15, 0.2) is 34.2 Å². The first-order chi connectivity index (χ1) is 8.20. The molecule has 6 nitrogen and oxygen atoms in total. The van der Waals surface area contributed by atoms with Gasteiger partial charge in [-0.05, 0) is 11.6 Å². The van der Waals surface area contributed by atoms with Gasteiger partial charge in [0.2, 0.25) is 0 Å². The third-order valence-electron chi connectivity index (χ3n) is 2.53. The molecule has 0 atom stereocenters. The van der Waals surface area contributed by atoms with E-state index in [1.165, 1.54) is 4.57 Å². The van der Waals surface area contributed by atoms with Gasteiger partial charge in [0.15, 0.2) is 0 Å². The van der Waals surface area contributed by atoms with Gasteiger partial charge in [-0.25, -0.2) is 0 Å². The molecule has 0 radical (unpaired) electrons. The highest BCUT2D eigenvalue weighted by Crippen LogP contribution is 2.27. The Bertz CT molecular complexity index is 747. The number of nitrogens with zero attached hydrogens (tertiary/aromatic N) is 5. The van der Waals surface area contributed by atoms with Crippen molar-refractivity contribution in [3.8, 4) is 6.07 Å². The van der Waals surface area contributed by atoms with E-state index < -0.39 is 5.56 Å². The summed E-state index contributed by atoms with van der Waals surface area (Å²) in [6.07, 6.45) is 0. The Morgan fingerprint density at radius 3 is 2.82 bits per heavy atom. The van der Waals surface area contributed by atoms with Crippen LogP contribution < -0.4 is 5.56 Å². The minimum atomic E-state index is -0.464. The molecule has 6 heteroatoms. The third-order valence-corrected chi connectivity index (χ3v) is 2.53. The van der Waals surface area contributed by atoms with Crippen LogP contribution in [0.2, 0.25) is 0 Å². The fourth-order valence-corrected chi connectivity index (χ4v) is 1.73. The molecule has 0 aliphatic rings. The lowest BCUT2D eigenvalue weighted by molar-refractivity contribution is 0.901. The highest BCUT2D eigenvalue weighted by molar-refractivity contribution is 5.92. The number of para-hydroxylation sites is 1. The lowest BCUT2D eigenvalue weighted by Crippen LogP contribution is -2.20. The summed E-state index contributed by atoms with van der Waals surface area (Å²) >= 11 is 0. The maximum Gasteiger partial charge on any atom is 0.269 e. The molecule has 0 aliphatic heterocycles. The molecule has 0 saturated heterocycles. The van der Waals surface area contributed by atoms with E-state index in [9.17, 15) is 4.79 Å². The largest absolute Gasteiger partial charge is 0.310 e. The summed E-state index contributed by atoms with van der Waals surface area (Å²) in [7, 11) is 1.57. The number of pyridine rings is 1. The zero-order valence-electron chi connectivity index (χ0n) is 8.95. The number of hydrogen-bond donors (Lipinski definition) is 0. The van der Waals surface area contributed by atoms with Crippen molar-refractivity contribution < 1.29 is 0 Å². The summed E-state index contributed by atoms with van der Waals surface area (Å²) < 4.78 is 1.37. The van der Waals surface area contributed by atoms with E-state index in [1.807, 2.05) is 0 Å². The first-order valence-corrected chi connectivity index (χ1v) is 4.77. The predicted molar refractivity (Wildman–Crippen MR) is 62.7 cm³/mol. The van der Waals surface area contributed by atoms with Crippen molar-refractivity contribution in [3.63, 3.8) is 0 Å². The predicted octanol–water partition coefficient (Wildman–Crippen LogP) is 2.35. The molecule has 0 spiro atoms. The number of fused-ring (bicyclic) bond motifs is 1. The van der Waals surface area contributed by atoms with E-state index in [0.29, 0.717) is 10.9 Å². The fourth-order valence-electron chi connectivity index (χ4n) is 1.73. The van der Waals surface area contributed by atoms with E-state index in [1.54, 1.807) is 37.4 Å². The van der Waals surface area contributed by atoms with Gasteiger partial charge in [0.25, 0.3) is 5.56 Å². The molecular formula is C11H7N5O. The van der Waals surface area contributed by atoms with Crippen molar-refractivity contribution in [3.05, 3.63) is 50.6 Å². The molecule has 2 aromatic rings. The quantitative estimate of drug-likeness (QED) is 0.423.